The Balaban J connectivity index is 2.09. The number of nitro groups is 1. The molecule has 0 fully saturated rings. The fourth-order valence-corrected chi connectivity index (χ4v) is 2.51. The van der Waals surface area contributed by atoms with E-state index in [0.29, 0.717) is 17.1 Å². The van der Waals surface area contributed by atoms with Crippen molar-refractivity contribution in [2.45, 2.75) is 32.9 Å². The third-order valence-electron chi connectivity index (χ3n) is 3.82. The average Bonchev–Trinajstić information content (AvgIpc) is 2.66. The molecule has 1 amide bonds. The van der Waals surface area contributed by atoms with Gasteiger partial charge < -0.3 is 19.1 Å². The van der Waals surface area contributed by atoms with Gasteiger partial charge in [-0.25, -0.2) is 4.79 Å². The fraction of sp³-hybridized carbons (Fsp3) is 0.381. The van der Waals surface area contributed by atoms with Crippen molar-refractivity contribution in [3.63, 3.8) is 0 Å². The lowest BCUT2D eigenvalue weighted by molar-refractivity contribution is -0.384. The van der Waals surface area contributed by atoms with Gasteiger partial charge in [0.2, 0.25) is 0 Å². The van der Waals surface area contributed by atoms with Crippen molar-refractivity contribution in [2.75, 3.05) is 20.3 Å². The minimum absolute atomic E-state index is 0.0285. The number of non-ortho nitro benzene ring substituents is 1. The van der Waals surface area contributed by atoms with Crippen molar-refractivity contribution < 1.29 is 23.9 Å². The third kappa shape index (κ3) is 7.33. The lowest BCUT2D eigenvalue weighted by Gasteiger charge is -2.27. The van der Waals surface area contributed by atoms with Crippen molar-refractivity contribution in [1.29, 1.82) is 0 Å². The molecule has 0 aliphatic carbocycles. The van der Waals surface area contributed by atoms with Crippen molar-refractivity contribution in [3.8, 4) is 11.5 Å². The summed E-state index contributed by atoms with van der Waals surface area (Å²) < 4.78 is 16.4. The zero-order valence-electron chi connectivity index (χ0n) is 17.1. The third-order valence-corrected chi connectivity index (χ3v) is 3.82. The highest BCUT2D eigenvalue weighted by atomic mass is 16.6. The van der Waals surface area contributed by atoms with Crippen LogP contribution in [-0.2, 0) is 11.3 Å². The second-order valence-corrected chi connectivity index (χ2v) is 7.36. The Morgan fingerprint density at radius 3 is 2.45 bits per heavy atom. The number of carbonyl (C=O) groups is 1. The lowest BCUT2D eigenvalue weighted by Crippen LogP contribution is -2.38. The van der Waals surface area contributed by atoms with Crippen LogP contribution < -0.4 is 9.47 Å². The summed E-state index contributed by atoms with van der Waals surface area (Å²) in [5.41, 5.74) is -0.0585. The predicted molar refractivity (Wildman–Crippen MR) is 108 cm³/mol. The fourth-order valence-electron chi connectivity index (χ4n) is 2.51. The summed E-state index contributed by atoms with van der Waals surface area (Å²) in [4.78, 5) is 24.6. The van der Waals surface area contributed by atoms with Crippen LogP contribution in [0, 0.1) is 10.1 Å². The van der Waals surface area contributed by atoms with Gasteiger partial charge in [-0.15, -0.1) is 0 Å². The molecule has 29 heavy (non-hydrogen) atoms. The Bertz CT molecular complexity index is 847. The minimum atomic E-state index is -0.661. The Hall–Kier alpha value is -3.29. The summed E-state index contributed by atoms with van der Waals surface area (Å²) in [6, 6.07) is 13.3. The van der Waals surface area contributed by atoms with E-state index in [1.807, 2.05) is 12.1 Å². The van der Waals surface area contributed by atoms with E-state index in [1.165, 1.54) is 17.0 Å². The van der Waals surface area contributed by atoms with Gasteiger partial charge in [-0.05, 0) is 38.5 Å². The highest BCUT2D eigenvalue weighted by Gasteiger charge is 2.23. The molecule has 0 unspecified atom stereocenters. The highest BCUT2D eigenvalue weighted by Crippen LogP contribution is 2.20. The van der Waals surface area contributed by atoms with E-state index in [0.717, 1.165) is 0 Å². The van der Waals surface area contributed by atoms with Crippen LogP contribution in [0.15, 0.2) is 48.5 Å². The second-order valence-electron chi connectivity index (χ2n) is 7.36. The first kappa shape index (κ1) is 22.0. The molecular formula is C21H26N2O6. The van der Waals surface area contributed by atoms with E-state index < -0.39 is 16.6 Å². The van der Waals surface area contributed by atoms with Gasteiger partial charge in [0.1, 0.15) is 23.7 Å². The van der Waals surface area contributed by atoms with Gasteiger partial charge in [-0.2, -0.15) is 0 Å². The molecular weight excluding hydrogens is 376 g/mol. The highest BCUT2D eigenvalue weighted by molar-refractivity contribution is 5.68. The maximum absolute atomic E-state index is 12.6. The van der Waals surface area contributed by atoms with Crippen LogP contribution in [0.4, 0.5) is 10.5 Å². The molecule has 0 N–H and O–H groups in total. The Kier molecular flexibility index (Phi) is 7.41. The van der Waals surface area contributed by atoms with E-state index in [2.05, 4.69) is 0 Å². The van der Waals surface area contributed by atoms with Crippen LogP contribution in [0.2, 0.25) is 0 Å². The number of ether oxygens (including phenoxy) is 3. The summed E-state index contributed by atoms with van der Waals surface area (Å²) in [7, 11) is 1.57. The van der Waals surface area contributed by atoms with Gasteiger partial charge >= 0.3 is 6.09 Å². The summed E-state index contributed by atoms with van der Waals surface area (Å²) in [6.45, 7) is 5.98. The monoisotopic (exact) mass is 402 g/mol. The zero-order chi connectivity index (χ0) is 21.4. The number of nitro benzene ring substituents is 1. The largest absolute Gasteiger partial charge is 0.497 e. The summed E-state index contributed by atoms with van der Waals surface area (Å²) in [5, 5.41) is 11.0. The van der Waals surface area contributed by atoms with Crippen LogP contribution >= 0.6 is 0 Å². The molecule has 2 aromatic carbocycles. The molecule has 2 aromatic rings. The van der Waals surface area contributed by atoms with Gasteiger partial charge in [0.25, 0.3) is 5.69 Å². The van der Waals surface area contributed by atoms with E-state index >= 15 is 0 Å². The molecule has 0 radical (unpaired) electrons. The van der Waals surface area contributed by atoms with Crippen LogP contribution in [-0.4, -0.2) is 41.8 Å². The number of hydrogen-bond donors (Lipinski definition) is 0. The summed E-state index contributed by atoms with van der Waals surface area (Å²) >= 11 is 0. The SMILES string of the molecule is COc1cccc(OCCN(Cc2cccc([N+](=O)[O-])c2)C(=O)OC(C)(C)C)c1. The number of hydrogen-bond acceptors (Lipinski definition) is 6. The quantitative estimate of drug-likeness (QED) is 0.479. The molecule has 8 heteroatoms. The number of benzene rings is 2. The van der Waals surface area contributed by atoms with Crippen LogP contribution in [0.5, 0.6) is 11.5 Å². The van der Waals surface area contributed by atoms with E-state index in [4.69, 9.17) is 14.2 Å². The first-order chi connectivity index (χ1) is 13.7. The Morgan fingerprint density at radius 2 is 1.79 bits per heavy atom. The topological polar surface area (TPSA) is 91.1 Å². The van der Waals surface area contributed by atoms with Crippen LogP contribution in [0.1, 0.15) is 26.3 Å². The predicted octanol–water partition coefficient (Wildman–Crippen LogP) is 4.42. The van der Waals surface area contributed by atoms with Crippen LogP contribution in [0.3, 0.4) is 0 Å². The molecule has 2 rings (SSSR count). The number of amides is 1. The maximum Gasteiger partial charge on any atom is 0.410 e. The first-order valence-corrected chi connectivity index (χ1v) is 9.16. The first-order valence-electron chi connectivity index (χ1n) is 9.16. The summed E-state index contributed by atoms with van der Waals surface area (Å²) in [5.74, 6) is 1.28. The molecule has 0 heterocycles. The number of carbonyl (C=O) groups excluding carboxylic acids is 1. The van der Waals surface area contributed by atoms with Gasteiger partial charge in [-0.3, -0.25) is 10.1 Å². The smallest absolute Gasteiger partial charge is 0.410 e. The van der Waals surface area contributed by atoms with Crippen molar-refractivity contribution >= 4 is 11.8 Å². The second kappa shape index (κ2) is 9.77. The zero-order valence-corrected chi connectivity index (χ0v) is 17.1. The van der Waals surface area contributed by atoms with E-state index in [-0.39, 0.29) is 25.4 Å². The molecule has 0 spiro atoms. The molecule has 0 aliphatic heterocycles. The molecule has 0 saturated heterocycles. The van der Waals surface area contributed by atoms with Gasteiger partial charge in [0.15, 0.2) is 0 Å². The Morgan fingerprint density at radius 1 is 1.10 bits per heavy atom. The molecule has 0 bridgehead atoms. The van der Waals surface area contributed by atoms with Crippen LogP contribution in [0.25, 0.3) is 0 Å². The van der Waals surface area contributed by atoms with Crippen molar-refractivity contribution in [1.82, 2.24) is 4.90 Å². The van der Waals surface area contributed by atoms with E-state index in [1.54, 1.807) is 52.1 Å². The van der Waals surface area contributed by atoms with Gasteiger partial charge in [0, 0.05) is 24.7 Å². The maximum atomic E-state index is 12.6. The molecule has 8 nitrogen and oxygen atoms in total. The number of methoxy groups -OCH3 is 1. The summed E-state index contributed by atoms with van der Waals surface area (Å²) in [6.07, 6.45) is -0.516. The van der Waals surface area contributed by atoms with Gasteiger partial charge in [-0.1, -0.05) is 18.2 Å². The average molecular weight is 402 g/mol. The molecule has 0 saturated carbocycles. The minimum Gasteiger partial charge on any atom is -0.497 e. The molecule has 0 atom stereocenters. The standard InChI is InChI=1S/C21H26N2O6/c1-21(2,3)29-20(24)22(15-16-7-5-8-17(13-16)23(25)26)11-12-28-19-10-6-9-18(14-19)27-4/h5-10,13-14H,11-12,15H2,1-4H3. The van der Waals surface area contributed by atoms with Gasteiger partial charge in [0.05, 0.1) is 18.6 Å². The van der Waals surface area contributed by atoms with E-state index in [9.17, 15) is 14.9 Å². The van der Waals surface area contributed by atoms with Crippen molar-refractivity contribution in [3.05, 3.63) is 64.2 Å². The normalized spacial score (nSPS) is 10.9. The lowest BCUT2D eigenvalue weighted by atomic mass is 10.2. The Labute approximate surface area is 170 Å². The molecule has 0 aromatic heterocycles. The number of nitrogens with zero attached hydrogens (tertiary/aromatic N) is 2. The molecule has 156 valence electrons. The van der Waals surface area contributed by atoms with Crippen molar-refractivity contribution in [2.24, 2.45) is 0 Å². The molecule has 0 aliphatic rings. The number of rotatable bonds is 8.